The summed E-state index contributed by atoms with van der Waals surface area (Å²) in [7, 11) is 5.73. The fourth-order valence-electron chi connectivity index (χ4n) is 3.88. The Labute approximate surface area is 119 Å². The highest BCUT2D eigenvalue weighted by Crippen LogP contribution is 2.51. The molecule has 3 nitrogen and oxygen atoms in total. The van der Waals surface area contributed by atoms with Crippen molar-refractivity contribution in [3.05, 3.63) is 23.3 Å². The van der Waals surface area contributed by atoms with Crippen molar-refractivity contribution in [2.75, 3.05) is 40.2 Å². The van der Waals surface area contributed by atoms with Crippen LogP contribution in [0.2, 0.25) is 0 Å². The normalized spacial score (nSPS) is 32.0. The minimum Gasteiger partial charge on any atom is -0.493 e. The third-order valence-corrected chi connectivity index (χ3v) is 5.22. The highest BCUT2D eigenvalue weighted by atomic mass is 35.5. The lowest BCUT2D eigenvalue weighted by Crippen LogP contribution is -2.65. The molecule has 0 aromatic heterocycles. The molecule has 1 aromatic rings. The molecule has 4 heteroatoms. The maximum absolute atomic E-state index is 6.12. The number of halogens is 1. The maximum Gasteiger partial charge on any atom is 0.161 e. The summed E-state index contributed by atoms with van der Waals surface area (Å²) in [5, 5.41) is 0. The van der Waals surface area contributed by atoms with E-state index >= 15 is 0 Å². The van der Waals surface area contributed by atoms with Gasteiger partial charge in [-0.2, -0.15) is 0 Å². The van der Waals surface area contributed by atoms with Crippen molar-refractivity contribution in [2.24, 2.45) is 5.92 Å². The van der Waals surface area contributed by atoms with Gasteiger partial charge in [-0.3, -0.25) is 0 Å². The van der Waals surface area contributed by atoms with Gasteiger partial charge in [-0.25, -0.2) is 0 Å². The maximum atomic E-state index is 6.12. The third-order valence-electron chi connectivity index (χ3n) is 4.82. The van der Waals surface area contributed by atoms with Crippen LogP contribution >= 0.6 is 11.6 Å². The first kappa shape index (κ1) is 13.1. The van der Waals surface area contributed by atoms with E-state index < -0.39 is 0 Å². The lowest BCUT2D eigenvalue weighted by atomic mass is 9.76. The van der Waals surface area contributed by atoms with Gasteiger partial charge in [0.2, 0.25) is 0 Å². The molecule has 19 heavy (non-hydrogen) atoms. The molecule has 0 radical (unpaired) electrons. The number of rotatable bonds is 3. The third kappa shape index (κ3) is 1.83. The number of quaternary nitrogens is 1. The number of hydrogen-bond acceptors (Lipinski definition) is 2. The number of nitrogens with zero attached hydrogens (tertiary/aromatic N) is 1. The lowest BCUT2D eigenvalue weighted by molar-refractivity contribution is -0.991. The standard InChI is InChI=1S/C15H21ClNO2/c1-17-5-4-10-6-13(18-2)14(19-3)7-12(10)15(17)11(8-16)9-17/h6-7,11,15H,4-5,8-9H2,1-3H3/q+1/t11-,15+,17?/m0/s1. The van der Waals surface area contributed by atoms with Crippen LogP contribution in [0.1, 0.15) is 17.2 Å². The molecule has 2 aliphatic heterocycles. The number of ether oxygens (including phenoxy) is 2. The quantitative estimate of drug-likeness (QED) is 0.627. The molecule has 0 bridgehead atoms. The molecule has 1 aromatic carbocycles. The summed E-state index contributed by atoms with van der Waals surface area (Å²) in [5.41, 5.74) is 2.80. The Bertz CT molecular complexity index is 505. The Morgan fingerprint density at radius 1 is 1.26 bits per heavy atom. The first-order valence-electron chi connectivity index (χ1n) is 6.78. The van der Waals surface area contributed by atoms with Crippen molar-refractivity contribution in [3.63, 3.8) is 0 Å². The molecule has 0 N–H and O–H groups in total. The van der Waals surface area contributed by atoms with Gasteiger partial charge in [-0.05, 0) is 17.7 Å². The summed E-state index contributed by atoms with van der Waals surface area (Å²) in [5.74, 6) is 2.99. The molecule has 3 atom stereocenters. The second-order valence-electron chi connectivity index (χ2n) is 5.90. The number of fused-ring (bicyclic) bond motifs is 3. The summed E-state index contributed by atoms with van der Waals surface area (Å²) < 4.78 is 12.0. The van der Waals surface area contributed by atoms with Gasteiger partial charge in [-0.15, -0.1) is 11.6 Å². The zero-order chi connectivity index (χ0) is 13.6. The van der Waals surface area contributed by atoms with Crippen LogP contribution < -0.4 is 9.47 Å². The fraction of sp³-hybridized carbons (Fsp3) is 0.600. The summed E-state index contributed by atoms with van der Waals surface area (Å²) in [4.78, 5) is 0. The van der Waals surface area contributed by atoms with Gasteiger partial charge in [0.05, 0.1) is 40.3 Å². The molecule has 2 aliphatic rings. The molecule has 3 rings (SSSR count). The average Bonchev–Trinajstić information content (AvgIpc) is 2.41. The first-order chi connectivity index (χ1) is 9.12. The van der Waals surface area contributed by atoms with Gasteiger partial charge in [0.15, 0.2) is 11.5 Å². The van der Waals surface area contributed by atoms with E-state index in [1.165, 1.54) is 24.2 Å². The van der Waals surface area contributed by atoms with Crippen molar-refractivity contribution < 1.29 is 14.0 Å². The van der Waals surface area contributed by atoms with Crippen molar-refractivity contribution in [2.45, 2.75) is 12.5 Å². The second-order valence-corrected chi connectivity index (χ2v) is 6.21. The Morgan fingerprint density at radius 3 is 2.58 bits per heavy atom. The van der Waals surface area contributed by atoms with Crippen LogP contribution in [0.5, 0.6) is 11.5 Å². The molecule has 1 fully saturated rings. The predicted molar refractivity (Wildman–Crippen MR) is 76.1 cm³/mol. The van der Waals surface area contributed by atoms with Gasteiger partial charge in [-0.1, -0.05) is 0 Å². The molecule has 0 saturated carbocycles. The molecule has 104 valence electrons. The van der Waals surface area contributed by atoms with Crippen LogP contribution in [-0.2, 0) is 6.42 Å². The minimum absolute atomic E-state index is 0.529. The molecule has 2 heterocycles. The number of hydrogen-bond donors (Lipinski definition) is 0. The second kappa shape index (κ2) is 4.57. The van der Waals surface area contributed by atoms with E-state index in [4.69, 9.17) is 21.1 Å². The van der Waals surface area contributed by atoms with Crippen LogP contribution in [0.25, 0.3) is 0 Å². The molecule has 0 aliphatic carbocycles. The minimum atomic E-state index is 0.529. The van der Waals surface area contributed by atoms with Gasteiger partial charge < -0.3 is 14.0 Å². The van der Waals surface area contributed by atoms with Crippen molar-refractivity contribution in [1.82, 2.24) is 0 Å². The first-order valence-corrected chi connectivity index (χ1v) is 7.31. The molecular weight excluding hydrogens is 262 g/mol. The summed E-state index contributed by atoms with van der Waals surface area (Å²) >= 11 is 6.12. The van der Waals surface area contributed by atoms with Crippen LogP contribution in [0.3, 0.4) is 0 Å². The molecule has 1 saturated heterocycles. The van der Waals surface area contributed by atoms with Crippen LogP contribution in [0.15, 0.2) is 12.1 Å². The zero-order valence-electron chi connectivity index (χ0n) is 11.8. The Kier molecular flexibility index (Phi) is 3.14. The molecule has 0 spiro atoms. The summed E-state index contributed by atoms with van der Waals surface area (Å²) in [6.07, 6.45) is 1.11. The van der Waals surface area contributed by atoms with Crippen molar-refractivity contribution in [1.29, 1.82) is 0 Å². The molecule has 1 unspecified atom stereocenters. The summed E-state index contributed by atoms with van der Waals surface area (Å²) in [6.45, 7) is 2.39. The number of benzene rings is 1. The van der Waals surface area contributed by atoms with E-state index in [1.807, 2.05) is 0 Å². The smallest absolute Gasteiger partial charge is 0.161 e. The van der Waals surface area contributed by atoms with Crippen LogP contribution in [0.4, 0.5) is 0 Å². The van der Waals surface area contributed by atoms with E-state index in [-0.39, 0.29) is 0 Å². The predicted octanol–water partition coefficient (Wildman–Crippen LogP) is 2.62. The van der Waals surface area contributed by atoms with E-state index in [1.54, 1.807) is 14.2 Å². The average molecular weight is 283 g/mol. The summed E-state index contributed by atoms with van der Waals surface area (Å²) in [6, 6.07) is 4.83. The van der Waals surface area contributed by atoms with E-state index in [0.717, 1.165) is 28.3 Å². The van der Waals surface area contributed by atoms with Gasteiger partial charge >= 0.3 is 0 Å². The number of alkyl halides is 1. The van der Waals surface area contributed by atoms with E-state index in [9.17, 15) is 0 Å². The van der Waals surface area contributed by atoms with E-state index in [2.05, 4.69) is 19.2 Å². The fourth-order valence-corrected chi connectivity index (χ4v) is 4.14. The lowest BCUT2D eigenvalue weighted by Gasteiger charge is -2.57. The topological polar surface area (TPSA) is 18.5 Å². The Morgan fingerprint density at radius 2 is 1.95 bits per heavy atom. The van der Waals surface area contributed by atoms with Gasteiger partial charge in [0.25, 0.3) is 0 Å². The molecular formula is C15H21ClNO2+. The monoisotopic (exact) mass is 282 g/mol. The van der Waals surface area contributed by atoms with Gasteiger partial charge in [0.1, 0.15) is 6.04 Å². The zero-order valence-corrected chi connectivity index (χ0v) is 12.5. The Hall–Kier alpha value is -0.930. The molecule has 0 amide bonds. The SMILES string of the molecule is COc1cc2c(cc1OC)[C@H]1[C@@H](CCl)C[N+]1(C)CC2. The van der Waals surface area contributed by atoms with Crippen molar-refractivity contribution in [3.8, 4) is 11.5 Å². The van der Waals surface area contributed by atoms with Crippen LogP contribution in [-0.4, -0.2) is 44.7 Å². The largest absolute Gasteiger partial charge is 0.493 e. The van der Waals surface area contributed by atoms with Gasteiger partial charge in [0, 0.05) is 17.9 Å². The number of methoxy groups -OCH3 is 2. The number of likely N-dealkylation sites (N-methyl/N-ethyl adjacent to an activating group) is 1. The Balaban J connectivity index is 2.06. The highest BCUT2D eigenvalue weighted by Gasteiger charge is 2.54. The highest BCUT2D eigenvalue weighted by molar-refractivity contribution is 6.18. The van der Waals surface area contributed by atoms with Crippen LogP contribution in [0, 0.1) is 5.92 Å². The van der Waals surface area contributed by atoms with E-state index in [0.29, 0.717) is 12.0 Å². The van der Waals surface area contributed by atoms with Crippen molar-refractivity contribution >= 4 is 11.6 Å².